The topological polar surface area (TPSA) is 317 Å². The van der Waals surface area contributed by atoms with E-state index in [9.17, 15) is 48.3 Å². The van der Waals surface area contributed by atoms with E-state index in [2.05, 4.69) is 38.2 Å². The molecule has 7 atom stereocenters. The Labute approximate surface area is 231 Å². The highest BCUT2D eigenvalue weighted by Gasteiger charge is 2.50. The van der Waals surface area contributed by atoms with Gasteiger partial charge in [0.15, 0.2) is 17.7 Å². The number of nitrogens with two attached hydrogens (primary N) is 1. The summed E-state index contributed by atoms with van der Waals surface area (Å²) in [6, 6.07) is 0. The van der Waals surface area contributed by atoms with Gasteiger partial charge < -0.3 is 45.6 Å². The van der Waals surface area contributed by atoms with Crippen LogP contribution in [-0.4, -0.2) is 99.9 Å². The molecule has 2 aromatic heterocycles. The van der Waals surface area contributed by atoms with Crippen LogP contribution in [0.3, 0.4) is 0 Å². The number of hydrogen-bond donors (Lipinski definition) is 8. The van der Waals surface area contributed by atoms with Crippen molar-refractivity contribution in [3.8, 4) is 0 Å². The number of nitrogens with one attached hydrogen (secondary N) is 1. The monoisotopic (exact) mass is 650 g/mol. The number of aliphatic hydroxyl groups is 2. The number of aromatic nitrogens is 4. The lowest BCUT2D eigenvalue weighted by atomic mass is 9.87. The number of carbonyl (C=O) groups excluding carboxylic acids is 1. The summed E-state index contributed by atoms with van der Waals surface area (Å²) in [5, 5.41) is 22.9. The molecular formula is C17H29N6O15P3. The number of fused-ring (bicyclic) bond motifs is 1. The fourth-order valence-corrected chi connectivity index (χ4v) is 6.42. The van der Waals surface area contributed by atoms with Crippen molar-refractivity contribution < 1.29 is 70.9 Å². The molecular weight excluding hydrogens is 621 g/mol. The number of hydrogen-bond acceptors (Lipinski definition) is 15. The fraction of sp³-hybridized carbons (Fsp3) is 0.647. The van der Waals surface area contributed by atoms with E-state index in [4.69, 9.17) is 10.5 Å². The number of nitrogens with zero attached hydrogens (tertiary/aromatic N) is 4. The predicted molar refractivity (Wildman–Crippen MR) is 133 cm³/mol. The molecule has 21 nitrogen and oxygen atoms in total. The Balaban J connectivity index is 1.72. The number of phosphoric acid groups is 3. The molecule has 3 heterocycles. The van der Waals surface area contributed by atoms with Crippen LogP contribution in [0.2, 0.25) is 0 Å². The van der Waals surface area contributed by atoms with Gasteiger partial charge in [0.1, 0.15) is 36.3 Å². The van der Waals surface area contributed by atoms with Gasteiger partial charge in [-0.05, 0) is 0 Å². The van der Waals surface area contributed by atoms with Gasteiger partial charge in [-0.2, -0.15) is 4.31 Å². The molecule has 1 aliphatic rings. The first-order valence-electron chi connectivity index (χ1n) is 11.3. The number of aliphatic hydroxyl groups excluding tert-OH is 2. The molecule has 0 saturated carbocycles. The van der Waals surface area contributed by atoms with Gasteiger partial charge in [0, 0.05) is 12.5 Å². The number of phosphoric ester groups is 3. The Morgan fingerprint density at radius 2 is 1.80 bits per heavy atom. The maximum absolute atomic E-state index is 12.4. The molecule has 0 bridgehead atoms. The minimum Gasteiger partial charge on any atom is -0.386 e. The summed E-state index contributed by atoms with van der Waals surface area (Å²) in [6.07, 6.45) is -6.36. The van der Waals surface area contributed by atoms with Crippen molar-refractivity contribution in [3.05, 3.63) is 12.7 Å². The molecule has 232 valence electrons. The third-order valence-electron chi connectivity index (χ3n) is 5.67. The van der Waals surface area contributed by atoms with Crippen LogP contribution in [0, 0.1) is 5.41 Å². The molecule has 1 saturated heterocycles. The van der Waals surface area contributed by atoms with Crippen molar-refractivity contribution in [2.45, 2.75) is 44.5 Å². The van der Waals surface area contributed by atoms with Gasteiger partial charge in [0.25, 0.3) is 0 Å². The van der Waals surface area contributed by atoms with Gasteiger partial charge in [0.05, 0.1) is 19.5 Å². The summed E-state index contributed by atoms with van der Waals surface area (Å²) in [5.74, 6) is -0.850. The number of anilines is 1. The van der Waals surface area contributed by atoms with Gasteiger partial charge in [-0.15, -0.1) is 0 Å². The Morgan fingerprint density at radius 1 is 1.17 bits per heavy atom. The number of rotatable bonds is 13. The normalized spacial score (nSPS) is 25.5. The van der Waals surface area contributed by atoms with Crippen LogP contribution in [-0.2, 0) is 41.1 Å². The molecule has 0 spiro atoms. The minimum atomic E-state index is -5.47. The summed E-state index contributed by atoms with van der Waals surface area (Å²) in [6.45, 7) is 0.731. The highest BCUT2D eigenvalue weighted by molar-refractivity contribution is 7.61. The molecule has 1 amide bonds. The van der Waals surface area contributed by atoms with Gasteiger partial charge >= 0.3 is 23.5 Å². The first kappa shape index (κ1) is 33.6. The lowest BCUT2D eigenvalue weighted by molar-refractivity contribution is -0.136. The molecule has 0 aliphatic carbocycles. The minimum absolute atomic E-state index is 0.0234. The lowest BCUT2D eigenvalue weighted by Gasteiger charge is -2.29. The fourth-order valence-electron chi connectivity index (χ4n) is 3.59. The highest BCUT2D eigenvalue weighted by Crippen LogP contribution is 2.61. The zero-order valence-electron chi connectivity index (χ0n) is 21.5. The van der Waals surface area contributed by atoms with Crippen molar-refractivity contribution in [3.63, 3.8) is 0 Å². The van der Waals surface area contributed by atoms with E-state index in [0.29, 0.717) is 0 Å². The summed E-state index contributed by atoms with van der Waals surface area (Å²) in [4.78, 5) is 61.9. The SMILES string of the molecule is CNC(=O)[C@H](O)C(C)(C)COP(=O)(O)OP(=O)(O)OC[C@H]1O[C@@H](n2cnc3c(N)ncnc32)[C@H](O)[C@@H]1OP(=O)(O)O. The molecule has 41 heavy (non-hydrogen) atoms. The lowest BCUT2D eigenvalue weighted by Crippen LogP contribution is -2.44. The van der Waals surface area contributed by atoms with Crippen LogP contribution in [0.1, 0.15) is 20.1 Å². The smallest absolute Gasteiger partial charge is 0.386 e. The van der Waals surface area contributed by atoms with Crippen molar-refractivity contribution in [1.29, 1.82) is 0 Å². The van der Waals surface area contributed by atoms with Crippen molar-refractivity contribution in [2.75, 3.05) is 26.0 Å². The predicted octanol–water partition coefficient (Wildman–Crippen LogP) is -1.47. The highest BCUT2D eigenvalue weighted by atomic mass is 31.3. The third-order valence-corrected chi connectivity index (χ3v) is 8.77. The molecule has 3 rings (SSSR count). The van der Waals surface area contributed by atoms with Crippen molar-refractivity contribution in [2.24, 2.45) is 5.41 Å². The maximum Gasteiger partial charge on any atom is 0.481 e. The van der Waals surface area contributed by atoms with Crippen LogP contribution in [0.25, 0.3) is 11.2 Å². The average Bonchev–Trinajstić information content (AvgIpc) is 3.41. The molecule has 0 radical (unpaired) electrons. The molecule has 0 aromatic carbocycles. The summed E-state index contributed by atoms with van der Waals surface area (Å²) >= 11 is 0. The van der Waals surface area contributed by atoms with E-state index in [-0.39, 0.29) is 17.0 Å². The quantitative estimate of drug-likeness (QED) is 0.115. The van der Waals surface area contributed by atoms with Crippen LogP contribution in [0.15, 0.2) is 12.7 Å². The molecule has 1 aliphatic heterocycles. The Kier molecular flexibility index (Phi) is 10.1. The number of ether oxygens (including phenoxy) is 1. The molecule has 1 fully saturated rings. The first-order valence-corrected chi connectivity index (χ1v) is 15.9. The van der Waals surface area contributed by atoms with Crippen LogP contribution >= 0.6 is 23.5 Å². The second-order valence-corrected chi connectivity index (χ2v) is 13.5. The van der Waals surface area contributed by atoms with Gasteiger partial charge in [-0.25, -0.2) is 28.6 Å². The molecule has 24 heteroatoms. The van der Waals surface area contributed by atoms with Gasteiger partial charge in [0.2, 0.25) is 5.91 Å². The number of likely N-dealkylation sites (N-methyl/N-ethyl adjacent to an activating group) is 1. The van der Waals surface area contributed by atoms with E-state index in [1.807, 2.05) is 0 Å². The van der Waals surface area contributed by atoms with Gasteiger partial charge in [-0.1, -0.05) is 13.8 Å². The van der Waals surface area contributed by atoms with Crippen molar-refractivity contribution in [1.82, 2.24) is 24.8 Å². The standard InChI is InChI=1S/C17H29N6O15P3/c1-17(2,12(25)15(26)19-3)5-35-41(32,33)38-40(30,31)34-4-8-11(37-39(27,28)29)10(24)16(36-8)23-7-22-9-13(18)20-6-21-14(9)23/h6-8,10-12,16,24-25H,4-5H2,1-3H3,(H,19,26)(H,30,31)(H,32,33)(H2,18,20,21)(H2,27,28,29)/t8-,10-,11-,12+,16-/m1/s1. The van der Waals surface area contributed by atoms with Crippen LogP contribution < -0.4 is 11.1 Å². The molecule has 2 unspecified atom stereocenters. The van der Waals surface area contributed by atoms with Crippen molar-refractivity contribution >= 4 is 46.4 Å². The number of amides is 1. The molecule has 9 N–H and O–H groups in total. The number of nitrogen functional groups attached to an aromatic ring is 1. The zero-order chi connectivity index (χ0) is 31.0. The van der Waals surface area contributed by atoms with E-state index >= 15 is 0 Å². The maximum atomic E-state index is 12.4. The van der Waals surface area contributed by atoms with E-state index in [0.717, 1.165) is 17.2 Å². The largest absolute Gasteiger partial charge is 0.481 e. The Hall–Kier alpha value is -1.93. The second kappa shape index (κ2) is 12.4. The van der Waals surface area contributed by atoms with Crippen LogP contribution in [0.5, 0.6) is 0 Å². The molecule has 2 aromatic rings. The van der Waals surface area contributed by atoms with Gasteiger partial charge in [-0.3, -0.25) is 22.9 Å². The van der Waals surface area contributed by atoms with E-state index in [1.54, 1.807) is 0 Å². The number of carbonyl (C=O) groups is 1. The first-order chi connectivity index (χ1) is 18.8. The summed E-state index contributed by atoms with van der Waals surface area (Å²) in [7, 11) is -14.9. The number of imidazole rings is 1. The van der Waals surface area contributed by atoms with Crippen LogP contribution in [0.4, 0.5) is 5.82 Å². The summed E-state index contributed by atoms with van der Waals surface area (Å²) < 4.78 is 61.1. The van der Waals surface area contributed by atoms with E-state index in [1.165, 1.54) is 20.9 Å². The Morgan fingerprint density at radius 3 is 2.41 bits per heavy atom. The summed E-state index contributed by atoms with van der Waals surface area (Å²) in [5.41, 5.74) is 4.44. The second-order valence-electron chi connectivity index (χ2n) is 9.29. The average molecular weight is 650 g/mol. The third kappa shape index (κ3) is 8.34. The van der Waals surface area contributed by atoms with E-state index < -0.39 is 78.6 Å². The Bertz CT molecular complexity index is 1400. The zero-order valence-corrected chi connectivity index (χ0v) is 24.2.